The van der Waals surface area contributed by atoms with E-state index in [1.54, 1.807) is 11.3 Å². The maximum Gasteiger partial charge on any atom is 0.165 e. The minimum atomic E-state index is 0.645. The third-order valence-corrected chi connectivity index (χ3v) is 11.0. The molecule has 0 saturated carbocycles. The molecule has 3 nitrogen and oxygen atoms in total. The summed E-state index contributed by atoms with van der Waals surface area (Å²) in [5, 5.41) is 7.17. The van der Waals surface area contributed by atoms with Crippen LogP contribution < -0.4 is 0 Å². The maximum absolute atomic E-state index is 5.27. The van der Waals surface area contributed by atoms with Crippen molar-refractivity contribution in [3.05, 3.63) is 176 Å². The molecule has 51 heavy (non-hydrogen) atoms. The molecule has 0 unspecified atom stereocenters. The monoisotopic (exact) mass is 667 g/mol. The van der Waals surface area contributed by atoms with Gasteiger partial charge in [0.25, 0.3) is 0 Å². The topological polar surface area (TPSA) is 38.7 Å². The highest BCUT2D eigenvalue weighted by Crippen LogP contribution is 2.41. The molecule has 10 rings (SSSR count). The van der Waals surface area contributed by atoms with Gasteiger partial charge < -0.3 is 0 Å². The van der Waals surface area contributed by atoms with Gasteiger partial charge in [-0.05, 0) is 74.1 Å². The van der Waals surface area contributed by atoms with Crippen LogP contribution in [0.2, 0.25) is 0 Å². The second-order valence-electron chi connectivity index (χ2n) is 12.8. The molecule has 0 aliphatic rings. The first kappa shape index (κ1) is 29.4. The van der Waals surface area contributed by atoms with E-state index in [1.165, 1.54) is 42.1 Å². The third kappa shape index (κ3) is 5.16. The summed E-state index contributed by atoms with van der Waals surface area (Å²) in [4.78, 5) is 15.7. The zero-order valence-corrected chi connectivity index (χ0v) is 28.3. The van der Waals surface area contributed by atoms with E-state index in [0.717, 1.165) is 38.6 Å². The molecule has 0 N–H and O–H groups in total. The smallest absolute Gasteiger partial charge is 0.165 e. The first-order valence-electron chi connectivity index (χ1n) is 17.1. The lowest BCUT2D eigenvalue weighted by Gasteiger charge is -2.13. The number of hydrogen-bond donors (Lipinski definition) is 0. The number of benzene rings is 8. The normalized spacial score (nSPS) is 11.5. The number of nitrogens with zero attached hydrogens (tertiary/aromatic N) is 3. The van der Waals surface area contributed by atoms with Crippen LogP contribution in [0.3, 0.4) is 0 Å². The molecule has 238 valence electrons. The van der Waals surface area contributed by atoms with E-state index in [2.05, 4.69) is 176 Å². The van der Waals surface area contributed by atoms with Gasteiger partial charge in [0.05, 0.1) is 0 Å². The Bertz CT molecular complexity index is 2930. The second kappa shape index (κ2) is 12.1. The van der Waals surface area contributed by atoms with Gasteiger partial charge in [-0.15, -0.1) is 11.3 Å². The van der Waals surface area contributed by atoms with E-state index in [9.17, 15) is 0 Å². The van der Waals surface area contributed by atoms with Crippen molar-refractivity contribution in [2.24, 2.45) is 0 Å². The van der Waals surface area contributed by atoms with Crippen LogP contribution in [0.25, 0.3) is 98.1 Å². The predicted octanol–water partition coefficient (Wildman–Crippen LogP) is 12.9. The van der Waals surface area contributed by atoms with Gasteiger partial charge in [-0.2, -0.15) is 0 Å². The quantitative estimate of drug-likeness (QED) is 0.183. The highest BCUT2D eigenvalue weighted by atomic mass is 32.1. The van der Waals surface area contributed by atoms with Crippen LogP contribution in [0.1, 0.15) is 0 Å². The summed E-state index contributed by atoms with van der Waals surface area (Å²) in [7, 11) is 0. The molecule has 0 bridgehead atoms. The number of fused-ring (bicyclic) bond motifs is 5. The lowest BCUT2D eigenvalue weighted by Crippen LogP contribution is -2.01. The van der Waals surface area contributed by atoms with E-state index < -0.39 is 0 Å². The van der Waals surface area contributed by atoms with Gasteiger partial charge in [0.15, 0.2) is 17.5 Å². The van der Waals surface area contributed by atoms with Crippen molar-refractivity contribution < 1.29 is 0 Å². The molecule has 0 amide bonds. The molecule has 10 aromatic rings. The Morgan fingerprint density at radius 1 is 0.314 bits per heavy atom. The van der Waals surface area contributed by atoms with Crippen LogP contribution in [0.15, 0.2) is 176 Å². The standard InChI is InChI=1S/C47H29N3S/c1-2-13-31(14-3-1)36-26-27-41(38-19-7-6-18-37(36)38)46-48-45(35-17-10-16-33(29-35)34-25-24-30-12-4-5-15-32(30)28-34)49-47(50-46)42-22-11-21-40-39-20-8-9-23-43(39)51-44(40)42/h1-29H. The minimum Gasteiger partial charge on any atom is -0.208 e. The van der Waals surface area contributed by atoms with Crippen molar-refractivity contribution in [1.82, 2.24) is 15.0 Å². The van der Waals surface area contributed by atoms with E-state index in [-0.39, 0.29) is 0 Å². The molecule has 0 fully saturated rings. The number of aromatic nitrogens is 3. The Morgan fingerprint density at radius 2 is 0.902 bits per heavy atom. The van der Waals surface area contributed by atoms with Gasteiger partial charge >= 0.3 is 0 Å². The first-order valence-corrected chi connectivity index (χ1v) is 17.9. The third-order valence-electron chi connectivity index (χ3n) is 9.73. The van der Waals surface area contributed by atoms with Crippen molar-refractivity contribution in [3.8, 4) is 56.4 Å². The Kier molecular flexibility index (Phi) is 7.00. The van der Waals surface area contributed by atoms with Crippen molar-refractivity contribution in [1.29, 1.82) is 0 Å². The Labute approximate surface area is 299 Å². The van der Waals surface area contributed by atoms with E-state index in [4.69, 9.17) is 15.0 Å². The molecular formula is C47H29N3S. The fourth-order valence-corrected chi connectivity index (χ4v) is 8.45. The fraction of sp³-hybridized carbons (Fsp3) is 0. The van der Waals surface area contributed by atoms with E-state index in [0.29, 0.717) is 17.5 Å². The molecule has 2 heterocycles. The summed E-state index contributed by atoms with van der Waals surface area (Å²) in [5.41, 5.74) is 7.56. The number of rotatable bonds is 5. The summed E-state index contributed by atoms with van der Waals surface area (Å²) in [6.45, 7) is 0. The molecule has 0 atom stereocenters. The molecule has 0 spiro atoms. The molecule has 0 aliphatic carbocycles. The predicted molar refractivity (Wildman–Crippen MR) is 215 cm³/mol. The molecule has 0 aliphatic heterocycles. The summed E-state index contributed by atoms with van der Waals surface area (Å²) < 4.78 is 2.43. The largest absolute Gasteiger partial charge is 0.208 e. The lowest BCUT2D eigenvalue weighted by molar-refractivity contribution is 1.08. The molecule has 0 saturated heterocycles. The second-order valence-corrected chi connectivity index (χ2v) is 13.9. The Morgan fingerprint density at radius 3 is 1.76 bits per heavy atom. The zero-order chi connectivity index (χ0) is 33.7. The molecule has 0 radical (unpaired) electrons. The van der Waals surface area contributed by atoms with E-state index in [1.807, 2.05) is 0 Å². The van der Waals surface area contributed by atoms with Gasteiger partial charge in [0, 0.05) is 36.9 Å². The van der Waals surface area contributed by atoms with Crippen LogP contribution >= 0.6 is 11.3 Å². The molecule has 4 heteroatoms. The molecular weight excluding hydrogens is 639 g/mol. The maximum atomic E-state index is 5.27. The van der Waals surface area contributed by atoms with E-state index >= 15 is 0 Å². The summed E-state index contributed by atoms with van der Waals surface area (Å²) in [6, 6.07) is 62.2. The zero-order valence-electron chi connectivity index (χ0n) is 27.5. The van der Waals surface area contributed by atoms with Gasteiger partial charge in [-0.3, -0.25) is 0 Å². The average Bonchev–Trinajstić information content (AvgIpc) is 3.59. The summed E-state index contributed by atoms with van der Waals surface area (Å²) in [6.07, 6.45) is 0. The van der Waals surface area contributed by atoms with Gasteiger partial charge in [0.2, 0.25) is 0 Å². The van der Waals surface area contributed by atoms with Crippen LogP contribution in [-0.4, -0.2) is 15.0 Å². The number of thiophene rings is 1. The van der Waals surface area contributed by atoms with Crippen molar-refractivity contribution in [2.45, 2.75) is 0 Å². The number of hydrogen-bond acceptors (Lipinski definition) is 4. The van der Waals surface area contributed by atoms with Crippen LogP contribution in [0.5, 0.6) is 0 Å². The minimum absolute atomic E-state index is 0.645. The lowest BCUT2D eigenvalue weighted by atomic mass is 9.94. The van der Waals surface area contributed by atoms with Crippen LogP contribution in [0.4, 0.5) is 0 Å². The summed E-state index contributed by atoms with van der Waals surface area (Å²) in [5.74, 6) is 1.96. The van der Waals surface area contributed by atoms with Crippen LogP contribution in [0, 0.1) is 0 Å². The first-order chi connectivity index (χ1) is 25.3. The van der Waals surface area contributed by atoms with Gasteiger partial charge in [-0.25, -0.2) is 15.0 Å². The average molecular weight is 668 g/mol. The fourth-order valence-electron chi connectivity index (χ4n) is 7.24. The molecule has 8 aromatic carbocycles. The summed E-state index contributed by atoms with van der Waals surface area (Å²) >= 11 is 1.79. The highest BCUT2D eigenvalue weighted by Gasteiger charge is 2.19. The van der Waals surface area contributed by atoms with Gasteiger partial charge in [0.1, 0.15) is 0 Å². The Balaban J connectivity index is 1.20. The molecule has 2 aromatic heterocycles. The highest BCUT2D eigenvalue weighted by molar-refractivity contribution is 7.26. The Hall–Kier alpha value is -6.49. The van der Waals surface area contributed by atoms with Gasteiger partial charge in [-0.1, -0.05) is 146 Å². The van der Waals surface area contributed by atoms with Crippen molar-refractivity contribution >= 4 is 53.1 Å². The SMILES string of the molecule is c1ccc(-c2ccc(-c3nc(-c4cccc(-c5ccc6ccccc6c5)c4)nc(-c4cccc5c4sc4ccccc45)n3)c3ccccc23)cc1. The van der Waals surface area contributed by atoms with Crippen LogP contribution in [-0.2, 0) is 0 Å². The van der Waals surface area contributed by atoms with Crippen molar-refractivity contribution in [3.63, 3.8) is 0 Å². The van der Waals surface area contributed by atoms with Crippen molar-refractivity contribution in [2.75, 3.05) is 0 Å².